The standard InChI is InChI=1S/C12H13F4NO2.ClH/c13-9-4-3-7(19-12(14,15)16)5-8(9)10(17)11(18)6-1-2-6;/h3-6,10-11,18H,1-2,17H2;1H/t10-,11+;/m1./s1. The summed E-state index contributed by atoms with van der Waals surface area (Å²) in [5.41, 5.74) is 5.51. The predicted molar refractivity (Wildman–Crippen MR) is 66.0 cm³/mol. The van der Waals surface area contributed by atoms with Crippen LogP contribution in [0.25, 0.3) is 0 Å². The Labute approximate surface area is 119 Å². The molecule has 3 nitrogen and oxygen atoms in total. The van der Waals surface area contributed by atoms with Crippen LogP contribution in [0.3, 0.4) is 0 Å². The number of halogens is 5. The summed E-state index contributed by atoms with van der Waals surface area (Å²) >= 11 is 0. The first kappa shape index (κ1) is 17.0. The molecule has 1 aliphatic rings. The van der Waals surface area contributed by atoms with Gasteiger partial charge in [-0.15, -0.1) is 25.6 Å². The van der Waals surface area contributed by atoms with Crippen molar-refractivity contribution in [2.24, 2.45) is 11.7 Å². The van der Waals surface area contributed by atoms with E-state index in [0.29, 0.717) is 0 Å². The zero-order valence-electron chi connectivity index (χ0n) is 10.2. The zero-order valence-corrected chi connectivity index (χ0v) is 11.0. The molecule has 1 saturated carbocycles. The van der Waals surface area contributed by atoms with Gasteiger partial charge in [0.2, 0.25) is 0 Å². The first-order valence-electron chi connectivity index (χ1n) is 5.77. The Bertz CT molecular complexity index is 465. The van der Waals surface area contributed by atoms with Gasteiger partial charge in [0.25, 0.3) is 0 Å². The summed E-state index contributed by atoms with van der Waals surface area (Å²) in [6.45, 7) is 0. The molecule has 0 unspecified atom stereocenters. The third-order valence-electron chi connectivity index (χ3n) is 3.03. The minimum absolute atomic E-state index is 0. The second-order valence-electron chi connectivity index (χ2n) is 4.58. The number of alkyl halides is 3. The molecule has 1 aromatic rings. The Morgan fingerprint density at radius 1 is 1.30 bits per heavy atom. The van der Waals surface area contributed by atoms with E-state index in [9.17, 15) is 22.7 Å². The van der Waals surface area contributed by atoms with Gasteiger partial charge in [-0.2, -0.15) is 0 Å². The van der Waals surface area contributed by atoms with Crippen LogP contribution in [0.15, 0.2) is 18.2 Å². The van der Waals surface area contributed by atoms with E-state index in [1.54, 1.807) is 0 Å². The summed E-state index contributed by atoms with van der Waals surface area (Å²) < 4.78 is 53.5. The van der Waals surface area contributed by atoms with E-state index in [1.165, 1.54) is 0 Å². The molecule has 0 spiro atoms. The Balaban J connectivity index is 0.00000200. The third kappa shape index (κ3) is 4.22. The third-order valence-corrected chi connectivity index (χ3v) is 3.03. The summed E-state index contributed by atoms with van der Waals surface area (Å²) in [6, 6.07) is 1.52. The lowest BCUT2D eigenvalue weighted by atomic mass is 9.98. The fourth-order valence-electron chi connectivity index (χ4n) is 1.89. The van der Waals surface area contributed by atoms with E-state index in [-0.39, 0.29) is 23.9 Å². The lowest BCUT2D eigenvalue weighted by Gasteiger charge is -2.20. The number of ether oxygens (including phenoxy) is 1. The molecule has 0 heterocycles. The van der Waals surface area contributed by atoms with E-state index in [0.717, 1.165) is 31.0 Å². The highest BCUT2D eigenvalue weighted by molar-refractivity contribution is 5.85. The smallest absolute Gasteiger partial charge is 0.406 e. The van der Waals surface area contributed by atoms with Crippen LogP contribution in [0.5, 0.6) is 5.75 Å². The summed E-state index contributed by atoms with van der Waals surface area (Å²) in [4.78, 5) is 0. The molecule has 3 N–H and O–H groups in total. The van der Waals surface area contributed by atoms with Gasteiger partial charge in [-0.1, -0.05) is 0 Å². The average molecular weight is 316 g/mol. The molecule has 0 aromatic heterocycles. The van der Waals surface area contributed by atoms with Gasteiger partial charge in [0.05, 0.1) is 12.1 Å². The van der Waals surface area contributed by atoms with Gasteiger partial charge in [-0.05, 0) is 37.0 Å². The summed E-state index contributed by atoms with van der Waals surface area (Å²) in [5.74, 6) is -1.33. The van der Waals surface area contributed by atoms with Crippen molar-refractivity contribution in [3.05, 3.63) is 29.6 Å². The molecular weight excluding hydrogens is 302 g/mol. The van der Waals surface area contributed by atoms with E-state index in [4.69, 9.17) is 5.73 Å². The Kier molecular flexibility index (Phi) is 5.23. The number of hydrogen-bond acceptors (Lipinski definition) is 3. The maximum Gasteiger partial charge on any atom is 0.573 e. The second kappa shape index (κ2) is 6.15. The van der Waals surface area contributed by atoms with E-state index < -0.39 is 30.1 Å². The second-order valence-corrected chi connectivity index (χ2v) is 4.58. The van der Waals surface area contributed by atoms with Crippen LogP contribution < -0.4 is 10.5 Å². The van der Waals surface area contributed by atoms with Crippen molar-refractivity contribution in [1.29, 1.82) is 0 Å². The lowest BCUT2D eigenvalue weighted by Crippen LogP contribution is -2.29. The number of nitrogens with two attached hydrogens (primary N) is 1. The molecule has 0 bridgehead atoms. The van der Waals surface area contributed by atoms with Gasteiger partial charge in [-0.25, -0.2) is 4.39 Å². The molecular formula is C12H14ClF4NO2. The molecule has 1 fully saturated rings. The number of rotatable bonds is 4. The van der Waals surface area contributed by atoms with Crippen LogP contribution in [0.4, 0.5) is 17.6 Å². The Hall–Kier alpha value is -1.05. The molecule has 8 heteroatoms. The molecule has 2 atom stereocenters. The first-order valence-corrected chi connectivity index (χ1v) is 5.77. The number of aliphatic hydroxyl groups excluding tert-OH is 1. The van der Waals surface area contributed by atoms with Crippen molar-refractivity contribution in [1.82, 2.24) is 0 Å². The van der Waals surface area contributed by atoms with Crippen LogP contribution >= 0.6 is 12.4 Å². The monoisotopic (exact) mass is 315 g/mol. The van der Waals surface area contributed by atoms with Gasteiger partial charge < -0.3 is 15.6 Å². The quantitative estimate of drug-likeness (QED) is 0.840. The molecule has 2 rings (SSSR count). The van der Waals surface area contributed by atoms with Gasteiger partial charge >= 0.3 is 6.36 Å². The molecule has 20 heavy (non-hydrogen) atoms. The molecule has 114 valence electrons. The van der Waals surface area contributed by atoms with E-state index in [2.05, 4.69) is 4.74 Å². The zero-order chi connectivity index (χ0) is 14.2. The lowest BCUT2D eigenvalue weighted by molar-refractivity contribution is -0.274. The Morgan fingerprint density at radius 3 is 2.40 bits per heavy atom. The molecule has 0 aliphatic heterocycles. The molecule has 0 radical (unpaired) electrons. The van der Waals surface area contributed by atoms with Crippen LogP contribution in [0, 0.1) is 11.7 Å². The van der Waals surface area contributed by atoms with E-state index >= 15 is 0 Å². The van der Waals surface area contributed by atoms with Gasteiger partial charge in [0, 0.05) is 5.56 Å². The first-order chi connectivity index (χ1) is 8.78. The number of aliphatic hydroxyl groups is 1. The predicted octanol–water partition coefficient (Wildman–Crippen LogP) is 2.92. The average Bonchev–Trinajstić information content (AvgIpc) is 3.12. The number of hydrogen-bond donors (Lipinski definition) is 2. The SMILES string of the molecule is Cl.N[C@H](c1cc(OC(F)(F)F)ccc1F)[C@@H](O)C1CC1. The van der Waals surface area contributed by atoms with Crippen molar-refractivity contribution >= 4 is 12.4 Å². The van der Waals surface area contributed by atoms with Crippen LogP contribution in [0.1, 0.15) is 24.4 Å². The largest absolute Gasteiger partial charge is 0.573 e. The highest BCUT2D eigenvalue weighted by Crippen LogP contribution is 2.38. The van der Waals surface area contributed by atoms with Crippen molar-refractivity contribution in [3.63, 3.8) is 0 Å². The minimum Gasteiger partial charge on any atom is -0.406 e. The van der Waals surface area contributed by atoms with Crippen LogP contribution in [0.2, 0.25) is 0 Å². The summed E-state index contributed by atoms with van der Waals surface area (Å²) in [5, 5.41) is 9.80. The number of benzene rings is 1. The van der Waals surface area contributed by atoms with Gasteiger partial charge in [0.15, 0.2) is 0 Å². The highest BCUT2D eigenvalue weighted by Gasteiger charge is 2.36. The van der Waals surface area contributed by atoms with Crippen molar-refractivity contribution in [2.75, 3.05) is 0 Å². The van der Waals surface area contributed by atoms with Crippen molar-refractivity contribution < 1.29 is 27.4 Å². The summed E-state index contributed by atoms with van der Waals surface area (Å²) in [6.07, 6.45) is -4.24. The maximum atomic E-state index is 13.6. The fraction of sp³-hybridized carbons (Fsp3) is 0.500. The van der Waals surface area contributed by atoms with E-state index in [1.807, 2.05) is 0 Å². The molecule has 1 aromatic carbocycles. The van der Waals surface area contributed by atoms with Crippen LogP contribution in [-0.2, 0) is 0 Å². The maximum absolute atomic E-state index is 13.6. The normalized spacial score (nSPS) is 18.1. The Morgan fingerprint density at radius 2 is 1.90 bits per heavy atom. The molecule has 0 saturated heterocycles. The molecule has 1 aliphatic carbocycles. The van der Waals surface area contributed by atoms with Gasteiger partial charge in [0.1, 0.15) is 11.6 Å². The van der Waals surface area contributed by atoms with Crippen molar-refractivity contribution in [2.45, 2.75) is 31.3 Å². The summed E-state index contributed by atoms with van der Waals surface area (Å²) in [7, 11) is 0. The molecule has 0 amide bonds. The minimum atomic E-state index is -4.85. The topological polar surface area (TPSA) is 55.5 Å². The van der Waals surface area contributed by atoms with Crippen LogP contribution in [-0.4, -0.2) is 17.6 Å². The highest BCUT2D eigenvalue weighted by atomic mass is 35.5. The van der Waals surface area contributed by atoms with Crippen molar-refractivity contribution in [3.8, 4) is 5.75 Å². The fourth-order valence-corrected chi connectivity index (χ4v) is 1.89. The van der Waals surface area contributed by atoms with Gasteiger partial charge in [-0.3, -0.25) is 0 Å².